The molecule has 0 aromatic carbocycles. The number of aliphatic hydroxyl groups is 1. The summed E-state index contributed by atoms with van der Waals surface area (Å²) in [6.07, 6.45) is 4.32. The number of nitrogens with two attached hydrogens (primary N) is 1. The fourth-order valence-corrected chi connectivity index (χ4v) is 6.62. The molecule has 2 aromatic rings. The van der Waals surface area contributed by atoms with Gasteiger partial charge in [-0.15, -0.1) is 15.7 Å². The topological polar surface area (TPSA) is 118 Å². The first kappa shape index (κ1) is 22.3. The molecule has 1 atom stereocenters. The Morgan fingerprint density at radius 3 is 2.71 bits per heavy atom. The maximum Gasteiger partial charge on any atom is 0.354 e. The third kappa shape index (κ3) is 4.02. The van der Waals surface area contributed by atoms with Crippen LogP contribution in [0.5, 0.6) is 0 Å². The van der Waals surface area contributed by atoms with Crippen LogP contribution >= 0.6 is 11.3 Å². The normalized spacial score (nSPS) is 18.9. The van der Waals surface area contributed by atoms with Crippen molar-refractivity contribution in [2.75, 3.05) is 5.32 Å². The molecule has 4 rings (SSSR count). The molecule has 4 N–H and O–H groups in total. The lowest BCUT2D eigenvalue weighted by Gasteiger charge is -2.20. The summed E-state index contributed by atoms with van der Waals surface area (Å²) in [5.41, 5.74) is 3.23. The number of pyridine rings is 1. The van der Waals surface area contributed by atoms with Crippen LogP contribution in [0.1, 0.15) is 67.9 Å². The minimum absolute atomic E-state index is 0.0847. The van der Waals surface area contributed by atoms with Crippen LogP contribution in [-0.4, -0.2) is 20.3 Å². The van der Waals surface area contributed by atoms with Gasteiger partial charge in [-0.2, -0.15) is 0 Å². The number of anilines is 1. The van der Waals surface area contributed by atoms with Gasteiger partial charge in [0.15, 0.2) is 19.9 Å². The van der Waals surface area contributed by atoms with Gasteiger partial charge >= 0.3 is 6.03 Å². The molecule has 0 saturated heterocycles. The van der Waals surface area contributed by atoms with E-state index in [-0.39, 0.29) is 14.5 Å². The zero-order valence-corrected chi connectivity index (χ0v) is 19.7. The van der Waals surface area contributed by atoms with Gasteiger partial charge in [0.1, 0.15) is 0 Å². The van der Waals surface area contributed by atoms with Crippen LogP contribution < -0.4 is 10.5 Å². The van der Waals surface area contributed by atoms with Crippen LogP contribution in [0.2, 0.25) is 0 Å². The van der Waals surface area contributed by atoms with Gasteiger partial charge in [-0.1, -0.05) is 13.8 Å². The molecule has 0 fully saturated rings. The van der Waals surface area contributed by atoms with Crippen molar-refractivity contribution in [3.8, 4) is 0 Å². The Hall–Kier alpha value is -1.88. The van der Waals surface area contributed by atoms with Gasteiger partial charge in [-0.3, -0.25) is 4.98 Å². The van der Waals surface area contributed by atoms with Crippen molar-refractivity contribution >= 4 is 33.0 Å². The van der Waals surface area contributed by atoms with Crippen molar-refractivity contribution in [3.05, 3.63) is 39.3 Å². The average molecular weight is 467 g/mol. The van der Waals surface area contributed by atoms with E-state index >= 15 is 0 Å². The van der Waals surface area contributed by atoms with Crippen molar-refractivity contribution in [3.63, 3.8) is 0 Å². The molecule has 10 heteroatoms. The molecule has 0 aliphatic heterocycles. The van der Waals surface area contributed by atoms with Gasteiger partial charge in [0, 0.05) is 16.0 Å². The number of aryl methyl sites for hydroxylation is 1. The molecule has 31 heavy (non-hydrogen) atoms. The highest BCUT2D eigenvalue weighted by atomic mass is 32.2. The largest absolute Gasteiger partial charge is 0.385 e. The summed E-state index contributed by atoms with van der Waals surface area (Å²) < 4.78 is 30.6. The lowest BCUT2D eigenvalue weighted by atomic mass is 9.90. The number of carbonyl (C=O) groups is 1. The van der Waals surface area contributed by atoms with Crippen molar-refractivity contribution in [1.82, 2.24) is 4.98 Å². The first-order valence-electron chi connectivity index (χ1n) is 10.2. The number of halogens is 1. The number of nitrogens with one attached hydrogen (secondary N) is 1. The summed E-state index contributed by atoms with van der Waals surface area (Å²) in [5, 5.41) is 18.7. The summed E-state index contributed by atoms with van der Waals surface area (Å²) in [6.45, 7) is 7.23. The number of thiophene rings is 1. The molecule has 2 aliphatic carbocycles. The number of amides is 2. The molecule has 2 aromatic heterocycles. The highest BCUT2D eigenvalue weighted by Gasteiger charge is 2.36. The molecule has 0 bridgehead atoms. The number of rotatable bonds is 3. The van der Waals surface area contributed by atoms with Crippen molar-refractivity contribution in [2.24, 2.45) is 9.50 Å². The Balaban J connectivity index is 1.71. The lowest BCUT2D eigenvalue weighted by molar-refractivity contribution is 0.0823. The van der Waals surface area contributed by atoms with E-state index in [4.69, 9.17) is 10.1 Å². The predicted octanol–water partition coefficient (Wildman–Crippen LogP) is 4.15. The van der Waals surface area contributed by atoms with E-state index < -0.39 is 27.4 Å². The smallest absolute Gasteiger partial charge is 0.354 e. The molecular weight excluding hydrogens is 439 g/mol. The van der Waals surface area contributed by atoms with Gasteiger partial charge in [-0.25, -0.2) is 18.5 Å². The number of nitrogens with zero attached hydrogens (tertiary/aromatic N) is 2. The summed E-state index contributed by atoms with van der Waals surface area (Å²) in [7, 11) is -3.82. The molecule has 0 saturated carbocycles. The monoisotopic (exact) mass is 466 g/mol. The molecular formula is C21H27FN4O3S2. The Morgan fingerprint density at radius 1 is 1.35 bits per heavy atom. The average Bonchev–Trinajstić information content (AvgIpc) is 3.32. The van der Waals surface area contributed by atoms with Gasteiger partial charge in [0.2, 0.25) is 0 Å². The molecule has 2 amide bonds. The Morgan fingerprint density at radius 2 is 2.06 bits per heavy atom. The van der Waals surface area contributed by atoms with Gasteiger partial charge in [0.05, 0.1) is 17.0 Å². The standard InChI is InChI=1S/C21H27FN4O3S2/c1-20(2)9-8-12-16(11-6-5-7-14(11)24-17(12)20)25-19(27)26-31(23,29)18-13(22)10-15(30-18)21(3,4)28/h10,28H,5-9H2,1-4H3,(H3,23,24,25,26,27,29). The third-order valence-electron chi connectivity index (χ3n) is 5.94. The van der Waals surface area contributed by atoms with Crippen LogP contribution in [0.3, 0.4) is 0 Å². The van der Waals surface area contributed by atoms with Crippen LogP contribution in [0, 0.1) is 5.82 Å². The zero-order chi connectivity index (χ0) is 22.8. The number of fused-ring (bicyclic) bond motifs is 2. The molecule has 168 valence electrons. The van der Waals surface area contributed by atoms with E-state index in [9.17, 15) is 18.5 Å². The number of hydrogen-bond acceptors (Lipinski definition) is 5. The molecule has 7 nitrogen and oxygen atoms in total. The molecule has 0 radical (unpaired) electrons. The third-order valence-corrected chi connectivity index (χ3v) is 9.29. The lowest BCUT2D eigenvalue weighted by Crippen LogP contribution is -2.20. The van der Waals surface area contributed by atoms with E-state index in [0.717, 1.165) is 72.0 Å². The van der Waals surface area contributed by atoms with E-state index in [0.29, 0.717) is 5.69 Å². The summed E-state index contributed by atoms with van der Waals surface area (Å²) >= 11 is 0.752. The van der Waals surface area contributed by atoms with E-state index in [1.807, 2.05) is 0 Å². The summed E-state index contributed by atoms with van der Waals surface area (Å²) in [5.74, 6) is -0.849. The van der Waals surface area contributed by atoms with Gasteiger partial charge in [-0.05, 0) is 63.1 Å². The number of aromatic nitrogens is 1. The Bertz CT molecular complexity index is 1200. The molecule has 0 spiro atoms. The molecule has 1 unspecified atom stereocenters. The van der Waals surface area contributed by atoms with Crippen molar-refractivity contribution in [1.29, 1.82) is 0 Å². The van der Waals surface area contributed by atoms with E-state index in [2.05, 4.69) is 23.5 Å². The van der Waals surface area contributed by atoms with Crippen LogP contribution in [0.15, 0.2) is 14.6 Å². The fourth-order valence-electron chi connectivity index (χ4n) is 4.28. The van der Waals surface area contributed by atoms with Crippen molar-refractivity contribution in [2.45, 2.75) is 75.0 Å². The second-order valence-electron chi connectivity index (χ2n) is 9.37. The van der Waals surface area contributed by atoms with Crippen LogP contribution in [0.25, 0.3) is 0 Å². The number of hydrogen-bond donors (Lipinski definition) is 3. The maximum absolute atomic E-state index is 14.4. The van der Waals surface area contributed by atoms with Gasteiger partial charge < -0.3 is 10.4 Å². The second kappa shape index (κ2) is 7.33. The second-order valence-corrected chi connectivity index (χ2v) is 12.4. The summed E-state index contributed by atoms with van der Waals surface area (Å²) in [4.78, 5) is 17.9. The Kier molecular flexibility index (Phi) is 5.28. The van der Waals surface area contributed by atoms with E-state index in [1.165, 1.54) is 13.8 Å². The van der Waals surface area contributed by atoms with Crippen LogP contribution in [-0.2, 0) is 40.2 Å². The van der Waals surface area contributed by atoms with Gasteiger partial charge in [0.25, 0.3) is 0 Å². The summed E-state index contributed by atoms with van der Waals surface area (Å²) in [6, 6.07) is 0.197. The minimum atomic E-state index is -3.82. The zero-order valence-electron chi connectivity index (χ0n) is 18.0. The predicted molar refractivity (Wildman–Crippen MR) is 119 cm³/mol. The fraction of sp³-hybridized carbons (Fsp3) is 0.524. The van der Waals surface area contributed by atoms with Crippen LogP contribution in [0.4, 0.5) is 14.9 Å². The maximum atomic E-state index is 14.4. The SMILES string of the molecule is CC(C)(O)c1cc(F)c(S(N)(=O)=NC(=O)Nc2c3c(nc4c2CCC4(C)C)CCC3)s1. The van der Waals surface area contributed by atoms with E-state index in [1.54, 1.807) is 0 Å². The number of carbonyl (C=O) groups excluding carboxylic acids is 1. The number of urea groups is 1. The highest BCUT2D eigenvalue weighted by molar-refractivity contribution is 7.93. The quantitative estimate of drug-likeness (QED) is 0.630. The first-order valence-corrected chi connectivity index (χ1v) is 12.6. The highest BCUT2D eigenvalue weighted by Crippen LogP contribution is 2.44. The molecule has 2 heterocycles. The first-order chi connectivity index (χ1) is 14.3. The Labute approximate surface area is 185 Å². The molecule has 2 aliphatic rings. The van der Waals surface area contributed by atoms with Crippen molar-refractivity contribution < 1.29 is 18.5 Å². The minimum Gasteiger partial charge on any atom is -0.385 e.